The standard InChI is InChI=1S/C16H34N2/c1-5-11-17-13-14(3)15(4)18-12-9-7-8-10-16(18)6-2/h14-17H,5-13H2,1-4H3. The molecule has 0 spiro atoms. The summed E-state index contributed by atoms with van der Waals surface area (Å²) in [6, 6.07) is 1.55. The number of hydrogen-bond acceptors (Lipinski definition) is 2. The van der Waals surface area contributed by atoms with Crippen LogP contribution < -0.4 is 5.32 Å². The van der Waals surface area contributed by atoms with Gasteiger partial charge in [0.2, 0.25) is 0 Å². The Morgan fingerprint density at radius 2 is 1.94 bits per heavy atom. The Hall–Kier alpha value is -0.0800. The number of likely N-dealkylation sites (tertiary alicyclic amines) is 1. The van der Waals surface area contributed by atoms with Crippen LogP contribution in [0.2, 0.25) is 0 Å². The van der Waals surface area contributed by atoms with E-state index in [0.717, 1.165) is 24.5 Å². The predicted octanol–water partition coefficient (Wildman–Crippen LogP) is 3.67. The normalized spacial score (nSPS) is 25.7. The highest BCUT2D eigenvalue weighted by Gasteiger charge is 2.26. The van der Waals surface area contributed by atoms with E-state index in [0.29, 0.717) is 0 Å². The molecule has 0 aromatic heterocycles. The molecule has 0 saturated carbocycles. The van der Waals surface area contributed by atoms with Gasteiger partial charge in [-0.25, -0.2) is 0 Å². The molecule has 0 aromatic carbocycles. The van der Waals surface area contributed by atoms with Crippen molar-refractivity contribution in [1.82, 2.24) is 10.2 Å². The van der Waals surface area contributed by atoms with E-state index in [9.17, 15) is 0 Å². The van der Waals surface area contributed by atoms with Gasteiger partial charge in [0.05, 0.1) is 0 Å². The van der Waals surface area contributed by atoms with Gasteiger partial charge in [0.15, 0.2) is 0 Å². The van der Waals surface area contributed by atoms with Crippen molar-refractivity contribution in [2.24, 2.45) is 5.92 Å². The van der Waals surface area contributed by atoms with E-state index in [1.165, 1.54) is 51.6 Å². The maximum atomic E-state index is 3.58. The smallest absolute Gasteiger partial charge is 0.0108 e. The van der Waals surface area contributed by atoms with Crippen LogP contribution in [0, 0.1) is 5.92 Å². The highest BCUT2D eigenvalue weighted by Crippen LogP contribution is 2.24. The molecule has 1 fully saturated rings. The molecule has 1 saturated heterocycles. The van der Waals surface area contributed by atoms with Gasteiger partial charge >= 0.3 is 0 Å². The van der Waals surface area contributed by atoms with Crippen molar-refractivity contribution in [3.05, 3.63) is 0 Å². The topological polar surface area (TPSA) is 15.3 Å². The Morgan fingerprint density at radius 1 is 1.17 bits per heavy atom. The van der Waals surface area contributed by atoms with Crippen molar-refractivity contribution in [3.63, 3.8) is 0 Å². The van der Waals surface area contributed by atoms with Crippen molar-refractivity contribution < 1.29 is 0 Å². The number of nitrogens with one attached hydrogen (secondary N) is 1. The lowest BCUT2D eigenvalue weighted by Crippen LogP contribution is -2.46. The minimum atomic E-state index is 0.720. The number of hydrogen-bond donors (Lipinski definition) is 1. The summed E-state index contributed by atoms with van der Waals surface area (Å²) in [4.78, 5) is 2.80. The molecular weight excluding hydrogens is 220 g/mol. The summed E-state index contributed by atoms with van der Waals surface area (Å²) in [5, 5.41) is 3.58. The second-order valence-corrected chi connectivity index (χ2v) is 6.07. The molecule has 2 heteroatoms. The van der Waals surface area contributed by atoms with Gasteiger partial charge in [-0.1, -0.05) is 33.6 Å². The fourth-order valence-corrected chi connectivity index (χ4v) is 3.18. The average Bonchev–Trinajstić information content (AvgIpc) is 2.62. The molecular formula is C16H34N2. The maximum absolute atomic E-state index is 3.58. The lowest BCUT2D eigenvalue weighted by molar-refractivity contribution is 0.106. The highest BCUT2D eigenvalue weighted by molar-refractivity contribution is 4.82. The van der Waals surface area contributed by atoms with Gasteiger partial charge in [-0.3, -0.25) is 4.90 Å². The second kappa shape index (κ2) is 8.92. The highest BCUT2D eigenvalue weighted by atomic mass is 15.2. The Morgan fingerprint density at radius 3 is 2.61 bits per heavy atom. The molecule has 2 nitrogen and oxygen atoms in total. The lowest BCUT2D eigenvalue weighted by Gasteiger charge is -2.38. The molecule has 0 radical (unpaired) electrons. The first-order valence-electron chi connectivity index (χ1n) is 8.17. The van der Waals surface area contributed by atoms with E-state index in [1.807, 2.05) is 0 Å². The largest absolute Gasteiger partial charge is 0.316 e. The molecule has 18 heavy (non-hydrogen) atoms. The molecule has 1 heterocycles. The van der Waals surface area contributed by atoms with Crippen LogP contribution in [0.1, 0.15) is 66.2 Å². The van der Waals surface area contributed by atoms with Crippen molar-refractivity contribution in [3.8, 4) is 0 Å². The molecule has 1 aliphatic rings. The molecule has 0 bridgehead atoms. The van der Waals surface area contributed by atoms with Crippen molar-refractivity contribution in [2.45, 2.75) is 78.3 Å². The zero-order chi connectivity index (χ0) is 13.4. The van der Waals surface area contributed by atoms with Gasteiger partial charge in [-0.05, 0) is 58.2 Å². The zero-order valence-corrected chi connectivity index (χ0v) is 13.0. The van der Waals surface area contributed by atoms with Crippen LogP contribution in [-0.4, -0.2) is 36.6 Å². The summed E-state index contributed by atoms with van der Waals surface area (Å²) in [5.74, 6) is 0.753. The van der Waals surface area contributed by atoms with Gasteiger partial charge in [0.25, 0.3) is 0 Å². The van der Waals surface area contributed by atoms with Gasteiger partial charge in [0.1, 0.15) is 0 Å². The van der Waals surface area contributed by atoms with Crippen LogP contribution >= 0.6 is 0 Å². The Balaban J connectivity index is 2.47. The van der Waals surface area contributed by atoms with Gasteiger partial charge in [-0.15, -0.1) is 0 Å². The molecule has 3 unspecified atom stereocenters. The summed E-state index contributed by atoms with van der Waals surface area (Å²) in [5.41, 5.74) is 0. The predicted molar refractivity (Wildman–Crippen MR) is 81.0 cm³/mol. The Labute approximate surface area is 115 Å². The van der Waals surface area contributed by atoms with Gasteiger partial charge < -0.3 is 5.32 Å². The first-order chi connectivity index (χ1) is 8.70. The van der Waals surface area contributed by atoms with E-state index >= 15 is 0 Å². The fourth-order valence-electron chi connectivity index (χ4n) is 3.18. The van der Waals surface area contributed by atoms with Gasteiger partial charge in [0, 0.05) is 12.1 Å². The van der Waals surface area contributed by atoms with Crippen LogP contribution in [0.3, 0.4) is 0 Å². The molecule has 3 atom stereocenters. The first kappa shape index (κ1) is 16.0. The zero-order valence-electron chi connectivity index (χ0n) is 13.0. The summed E-state index contributed by atoms with van der Waals surface area (Å²) >= 11 is 0. The minimum absolute atomic E-state index is 0.720. The lowest BCUT2D eigenvalue weighted by atomic mass is 9.98. The third kappa shape index (κ3) is 4.89. The van der Waals surface area contributed by atoms with Crippen LogP contribution in [0.5, 0.6) is 0 Å². The van der Waals surface area contributed by atoms with E-state index in [4.69, 9.17) is 0 Å². The van der Waals surface area contributed by atoms with Crippen LogP contribution in [-0.2, 0) is 0 Å². The summed E-state index contributed by atoms with van der Waals surface area (Å²) in [6.45, 7) is 13.1. The second-order valence-electron chi connectivity index (χ2n) is 6.07. The molecule has 108 valence electrons. The van der Waals surface area contributed by atoms with Crippen LogP contribution in [0.25, 0.3) is 0 Å². The molecule has 0 aliphatic carbocycles. The van der Waals surface area contributed by atoms with Gasteiger partial charge in [-0.2, -0.15) is 0 Å². The SMILES string of the molecule is CCCNCC(C)C(C)N1CCCCCC1CC. The van der Waals surface area contributed by atoms with E-state index < -0.39 is 0 Å². The number of nitrogens with zero attached hydrogens (tertiary/aromatic N) is 1. The minimum Gasteiger partial charge on any atom is -0.316 e. The molecule has 0 amide bonds. The van der Waals surface area contributed by atoms with E-state index in [-0.39, 0.29) is 0 Å². The summed E-state index contributed by atoms with van der Waals surface area (Å²) in [6.07, 6.45) is 8.24. The molecule has 1 rings (SSSR count). The fraction of sp³-hybridized carbons (Fsp3) is 1.00. The third-order valence-corrected chi connectivity index (χ3v) is 4.63. The maximum Gasteiger partial charge on any atom is 0.0108 e. The quantitative estimate of drug-likeness (QED) is 0.697. The van der Waals surface area contributed by atoms with Crippen molar-refractivity contribution in [1.29, 1.82) is 0 Å². The monoisotopic (exact) mass is 254 g/mol. The first-order valence-corrected chi connectivity index (χ1v) is 8.17. The third-order valence-electron chi connectivity index (χ3n) is 4.63. The van der Waals surface area contributed by atoms with Crippen LogP contribution in [0.15, 0.2) is 0 Å². The van der Waals surface area contributed by atoms with Crippen molar-refractivity contribution in [2.75, 3.05) is 19.6 Å². The molecule has 1 N–H and O–H groups in total. The van der Waals surface area contributed by atoms with Crippen LogP contribution in [0.4, 0.5) is 0 Å². The molecule has 0 aromatic rings. The molecule has 1 aliphatic heterocycles. The Bertz CT molecular complexity index is 205. The number of rotatable bonds is 7. The Kier molecular flexibility index (Phi) is 7.92. The van der Waals surface area contributed by atoms with E-state index in [2.05, 4.69) is 37.9 Å². The van der Waals surface area contributed by atoms with E-state index in [1.54, 1.807) is 0 Å². The van der Waals surface area contributed by atoms with Crippen molar-refractivity contribution >= 4 is 0 Å². The average molecular weight is 254 g/mol. The summed E-state index contributed by atoms with van der Waals surface area (Å²) < 4.78 is 0. The summed E-state index contributed by atoms with van der Waals surface area (Å²) in [7, 11) is 0.